The summed E-state index contributed by atoms with van der Waals surface area (Å²) in [5.41, 5.74) is 4.27. The van der Waals surface area contributed by atoms with Gasteiger partial charge in [-0.2, -0.15) is 13.2 Å². The van der Waals surface area contributed by atoms with Crippen LogP contribution in [0, 0.1) is 0 Å². The van der Waals surface area contributed by atoms with Crippen molar-refractivity contribution in [2.75, 3.05) is 5.32 Å². The van der Waals surface area contributed by atoms with E-state index in [1.165, 1.54) is 18.2 Å². The van der Waals surface area contributed by atoms with Crippen LogP contribution in [0.5, 0.6) is 0 Å². The molecule has 0 aliphatic carbocycles. The molecule has 3 N–H and O–H groups in total. The van der Waals surface area contributed by atoms with E-state index in [1.807, 2.05) is 0 Å². The van der Waals surface area contributed by atoms with Crippen molar-refractivity contribution in [3.05, 3.63) is 52.4 Å². The molecule has 2 aromatic rings. The van der Waals surface area contributed by atoms with Crippen molar-refractivity contribution in [2.24, 2.45) is 5.73 Å². The molecule has 1 heterocycles. The summed E-state index contributed by atoms with van der Waals surface area (Å²) in [5, 5.41) is 1.86. The van der Waals surface area contributed by atoms with Gasteiger partial charge in [-0.15, -0.1) is 0 Å². The molecule has 4 nitrogen and oxygen atoms in total. The monoisotopic (exact) mass is 318 g/mol. The fourth-order valence-corrected chi connectivity index (χ4v) is 1.85. The summed E-state index contributed by atoms with van der Waals surface area (Å²) >= 11 is 5.49. The Balaban J connectivity index is 2.21. The molecule has 0 aliphatic heterocycles. The summed E-state index contributed by atoms with van der Waals surface area (Å²) in [6.45, 7) is 0.118. The summed E-state index contributed by atoms with van der Waals surface area (Å²) in [4.78, 5) is 11.8. The van der Waals surface area contributed by atoms with Gasteiger partial charge in [0.05, 0.1) is 17.1 Å². The van der Waals surface area contributed by atoms with E-state index < -0.39 is 22.7 Å². The Kier molecular flexibility index (Phi) is 4.24. The van der Waals surface area contributed by atoms with Gasteiger partial charge in [-0.25, -0.2) is 0 Å². The zero-order chi connectivity index (χ0) is 15.6. The number of carbonyl (C=O) groups excluding carboxylic acids is 1. The van der Waals surface area contributed by atoms with E-state index in [9.17, 15) is 18.0 Å². The summed E-state index contributed by atoms with van der Waals surface area (Å²) < 4.78 is 43.2. The molecule has 0 aliphatic rings. The Morgan fingerprint density at radius 1 is 1.29 bits per heavy atom. The number of anilines is 1. The standard InChI is InChI=1S/C13H10ClF3N2O2/c14-10-3-1-7(5-9(10)13(15,16)17)19-12(20)11-4-2-8(6-18)21-11/h1-5H,6,18H2,(H,19,20). The van der Waals surface area contributed by atoms with Gasteiger partial charge in [-0.1, -0.05) is 11.6 Å². The number of nitrogens with two attached hydrogens (primary N) is 1. The van der Waals surface area contributed by atoms with Gasteiger partial charge in [0.25, 0.3) is 5.91 Å². The Labute approximate surface area is 122 Å². The lowest BCUT2D eigenvalue weighted by Crippen LogP contribution is -2.13. The largest absolute Gasteiger partial charge is 0.455 e. The third kappa shape index (κ3) is 3.56. The minimum Gasteiger partial charge on any atom is -0.455 e. The number of hydrogen-bond donors (Lipinski definition) is 2. The lowest BCUT2D eigenvalue weighted by Gasteiger charge is -2.11. The highest BCUT2D eigenvalue weighted by Crippen LogP contribution is 2.36. The lowest BCUT2D eigenvalue weighted by atomic mass is 10.2. The van der Waals surface area contributed by atoms with Crippen LogP contribution in [0.4, 0.5) is 18.9 Å². The number of alkyl halides is 3. The van der Waals surface area contributed by atoms with E-state index in [0.717, 1.165) is 12.1 Å². The fourth-order valence-electron chi connectivity index (χ4n) is 1.62. The molecule has 2 rings (SSSR count). The highest BCUT2D eigenvalue weighted by molar-refractivity contribution is 6.31. The molecule has 1 aromatic heterocycles. The number of carbonyl (C=O) groups is 1. The van der Waals surface area contributed by atoms with Gasteiger partial charge >= 0.3 is 6.18 Å². The predicted octanol–water partition coefficient (Wildman–Crippen LogP) is 3.66. The molecule has 0 unspecified atom stereocenters. The second-order valence-corrected chi connectivity index (χ2v) is 4.52. The van der Waals surface area contributed by atoms with Crippen molar-refractivity contribution in [2.45, 2.75) is 12.7 Å². The zero-order valence-electron chi connectivity index (χ0n) is 10.5. The van der Waals surface area contributed by atoms with E-state index in [-0.39, 0.29) is 18.0 Å². The molecule has 8 heteroatoms. The van der Waals surface area contributed by atoms with E-state index in [1.54, 1.807) is 0 Å². The second-order valence-electron chi connectivity index (χ2n) is 4.12. The van der Waals surface area contributed by atoms with E-state index in [0.29, 0.717) is 5.76 Å². The summed E-state index contributed by atoms with van der Waals surface area (Å²) in [7, 11) is 0. The van der Waals surface area contributed by atoms with Crippen LogP contribution in [-0.4, -0.2) is 5.91 Å². The molecule has 0 saturated heterocycles. The molecule has 0 fully saturated rings. The maximum atomic E-state index is 12.7. The molecular formula is C13H10ClF3N2O2. The Hall–Kier alpha value is -1.99. The average Bonchev–Trinajstić information content (AvgIpc) is 2.88. The maximum absolute atomic E-state index is 12.7. The molecular weight excluding hydrogens is 309 g/mol. The average molecular weight is 319 g/mol. The summed E-state index contributed by atoms with van der Waals surface area (Å²) in [6.07, 6.45) is -4.60. The molecule has 112 valence electrons. The van der Waals surface area contributed by atoms with Crippen LogP contribution >= 0.6 is 11.6 Å². The van der Waals surface area contributed by atoms with Gasteiger partial charge in [0.2, 0.25) is 0 Å². The molecule has 1 amide bonds. The van der Waals surface area contributed by atoms with Crippen molar-refractivity contribution in [3.63, 3.8) is 0 Å². The van der Waals surface area contributed by atoms with Gasteiger partial charge in [0.1, 0.15) is 5.76 Å². The van der Waals surface area contributed by atoms with Crippen molar-refractivity contribution in [1.29, 1.82) is 0 Å². The van der Waals surface area contributed by atoms with Crippen LogP contribution in [0.1, 0.15) is 21.9 Å². The van der Waals surface area contributed by atoms with Crippen LogP contribution < -0.4 is 11.1 Å². The second kappa shape index (κ2) is 5.79. The van der Waals surface area contributed by atoms with Gasteiger partial charge in [0, 0.05) is 5.69 Å². The minimum absolute atomic E-state index is 0.0394. The number of hydrogen-bond acceptors (Lipinski definition) is 3. The number of amides is 1. The minimum atomic E-state index is -4.60. The summed E-state index contributed by atoms with van der Waals surface area (Å²) in [5.74, 6) is -0.323. The SMILES string of the molecule is NCc1ccc(C(=O)Nc2ccc(Cl)c(C(F)(F)F)c2)o1. The van der Waals surface area contributed by atoms with E-state index in [4.69, 9.17) is 21.8 Å². The molecule has 0 saturated carbocycles. The Bertz CT molecular complexity index is 668. The van der Waals surface area contributed by atoms with Crippen LogP contribution in [0.3, 0.4) is 0 Å². The smallest absolute Gasteiger partial charge is 0.417 e. The van der Waals surface area contributed by atoms with Crippen LogP contribution in [0.25, 0.3) is 0 Å². The first-order valence-corrected chi connectivity index (χ1v) is 6.16. The fraction of sp³-hybridized carbons (Fsp3) is 0.154. The number of rotatable bonds is 3. The quantitative estimate of drug-likeness (QED) is 0.907. The number of benzene rings is 1. The van der Waals surface area contributed by atoms with Crippen molar-refractivity contribution in [1.82, 2.24) is 0 Å². The van der Waals surface area contributed by atoms with Gasteiger partial charge in [-0.05, 0) is 30.3 Å². The molecule has 0 radical (unpaired) electrons. The van der Waals surface area contributed by atoms with Crippen LogP contribution in [0.2, 0.25) is 5.02 Å². The van der Waals surface area contributed by atoms with Gasteiger partial charge < -0.3 is 15.5 Å². The third-order valence-electron chi connectivity index (χ3n) is 2.62. The molecule has 1 aromatic carbocycles. The molecule has 21 heavy (non-hydrogen) atoms. The van der Waals surface area contributed by atoms with Crippen LogP contribution in [0.15, 0.2) is 34.7 Å². The highest BCUT2D eigenvalue weighted by atomic mass is 35.5. The highest BCUT2D eigenvalue weighted by Gasteiger charge is 2.33. The van der Waals surface area contributed by atoms with E-state index in [2.05, 4.69) is 5.32 Å². The van der Waals surface area contributed by atoms with Gasteiger partial charge in [0.15, 0.2) is 5.76 Å². The van der Waals surface area contributed by atoms with E-state index >= 15 is 0 Å². The zero-order valence-corrected chi connectivity index (χ0v) is 11.3. The maximum Gasteiger partial charge on any atom is 0.417 e. The number of halogens is 4. The Morgan fingerprint density at radius 3 is 2.57 bits per heavy atom. The first-order chi connectivity index (χ1) is 9.81. The van der Waals surface area contributed by atoms with Crippen molar-refractivity contribution < 1.29 is 22.4 Å². The van der Waals surface area contributed by atoms with Gasteiger partial charge in [-0.3, -0.25) is 4.79 Å². The van der Waals surface area contributed by atoms with Crippen molar-refractivity contribution >= 4 is 23.2 Å². The number of furan rings is 1. The normalized spacial score (nSPS) is 11.5. The van der Waals surface area contributed by atoms with Crippen molar-refractivity contribution in [3.8, 4) is 0 Å². The molecule has 0 bridgehead atoms. The van der Waals surface area contributed by atoms with Crippen LogP contribution in [-0.2, 0) is 12.7 Å². The molecule has 0 atom stereocenters. The Morgan fingerprint density at radius 2 is 2.00 bits per heavy atom. The predicted molar refractivity (Wildman–Crippen MR) is 71.0 cm³/mol. The topological polar surface area (TPSA) is 68.3 Å². The first kappa shape index (κ1) is 15.4. The summed E-state index contributed by atoms with van der Waals surface area (Å²) in [6, 6.07) is 5.98. The third-order valence-corrected chi connectivity index (χ3v) is 2.95. The first-order valence-electron chi connectivity index (χ1n) is 5.78. The lowest BCUT2D eigenvalue weighted by molar-refractivity contribution is -0.137. The number of nitrogens with one attached hydrogen (secondary N) is 1. The molecule has 0 spiro atoms.